The van der Waals surface area contributed by atoms with Crippen molar-refractivity contribution in [1.29, 1.82) is 0 Å². The third-order valence-corrected chi connectivity index (χ3v) is 6.13. The Kier molecular flexibility index (Phi) is 3.22. The number of hydrogen-bond acceptors (Lipinski definition) is 3. The normalized spacial score (nSPS) is 42.6. The lowest BCUT2D eigenvalue weighted by Gasteiger charge is -2.64. The standard InChI is InChI=1S/C15H26BNO3/c1-6-13(17-9(2)18)16-19-12-8-10-7-11(14(10,3)4)15(12,5)20-16/h10-13H,6-8H2,1-5H3,(H,17,18)/t10-,11-,12+,13-,15-/m0/s1. The number of amides is 1. The molecule has 0 unspecified atom stereocenters. The summed E-state index contributed by atoms with van der Waals surface area (Å²) in [4.78, 5) is 11.3. The predicted molar refractivity (Wildman–Crippen MR) is 78.0 cm³/mol. The minimum Gasteiger partial charge on any atom is -0.404 e. The lowest BCUT2D eigenvalue weighted by atomic mass is 9.43. The van der Waals surface area contributed by atoms with Gasteiger partial charge >= 0.3 is 7.12 Å². The molecule has 1 amide bonds. The molecule has 4 rings (SSSR count). The highest BCUT2D eigenvalue weighted by molar-refractivity contribution is 6.47. The second-order valence-corrected chi connectivity index (χ2v) is 7.55. The van der Waals surface area contributed by atoms with E-state index in [0.29, 0.717) is 11.3 Å². The zero-order valence-electron chi connectivity index (χ0n) is 13.2. The van der Waals surface area contributed by atoms with Crippen LogP contribution in [-0.4, -0.2) is 30.7 Å². The average Bonchev–Trinajstić information content (AvgIpc) is 2.71. The highest BCUT2D eigenvalue weighted by Crippen LogP contribution is 2.65. The van der Waals surface area contributed by atoms with Crippen LogP contribution >= 0.6 is 0 Å². The van der Waals surface area contributed by atoms with Gasteiger partial charge in [0.15, 0.2) is 0 Å². The van der Waals surface area contributed by atoms with Crippen molar-refractivity contribution < 1.29 is 14.1 Å². The SMILES string of the molecule is CC[C@H](NC(C)=O)B1O[C@@H]2C[C@@H]3C[C@@H](C3(C)C)[C@]2(C)O1. The van der Waals surface area contributed by atoms with E-state index in [1.165, 1.54) is 6.42 Å². The van der Waals surface area contributed by atoms with Gasteiger partial charge in [0.2, 0.25) is 5.91 Å². The van der Waals surface area contributed by atoms with E-state index in [1.54, 1.807) is 6.92 Å². The van der Waals surface area contributed by atoms with Gasteiger partial charge in [0.1, 0.15) is 0 Å². The van der Waals surface area contributed by atoms with Crippen LogP contribution in [0.15, 0.2) is 0 Å². The van der Waals surface area contributed by atoms with E-state index in [1.807, 2.05) is 0 Å². The number of nitrogens with one attached hydrogen (secondary N) is 1. The van der Waals surface area contributed by atoms with Crippen molar-refractivity contribution >= 4 is 13.0 Å². The van der Waals surface area contributed by atoms with Crippen LogP contribution in [0.4, 0.5) is 0 Å². The van der Waals surface area contributed by atoms with Crippen LogP contribution < -0.4 is 5.32 Å². The van der Waals surface area contributed by atoms with Gasteiger partial charge in [-0.2, -0.15) is 0 Å². The summed E-state index contributed by atoms with van der Waals surface area (Å²) < 4.78 is 12.5. The van der Waals surface area contributed by atoms with E-state index >= 15 is 0 Å². The van der Waals surface area contributed by atoms with E-state index < -0.39 is 0 Å². The van der Waals surface area contributed by atoms with Crippen molar-refractivity contribution in [2.75, 3.05) is 0 Å². The minimum atomic E-state index is -0.297. The zero-order chi connectivity index (χ0) is 14.7. The van der Waals surface area contributed by atoms with Gasteiger partial charge in [0, 0.05) is 6.92 Å². The van der Waals surface area contributed by atoms with Crippen LogP contribution in [0.25, 0.3) is 0 Å². The second kappa shape index (κ2) is 4.47. The topological polar surface area (TPSA) is 47.6 Å². The highest BCUT2D eigenvalue weighted by atomic mass is 16.7. The van der Waals surface area contributed by atoms with Gasteiger partial charge in [-0.3, -0.25) is 4.79 Å². The molecule has 4 aliphatic rings. The fourth-order valence-corrected chi connectivity index (χ4v) is 4.69. The number of carbonyl (C=O) groups is 1. The average molecular weight is 279 g/mol. The third kappa shape index (κ3) is 1.86. The molecule has 0 spiro atoms. The fourth-order valence-electron chi connectivity index (χ4n) is 4.69. The molecule has 0 aromatic heterocycles. The van der Waals surface area contributed by atoms with Crippen molar-refractivity contribution in [3.05, 3.63) is 0 Å². The van der Waals surface area contributed by atoms with E-state index in [-0.39, 0.29) is 30.7 Å². The Labute approximate surface area is 122 Å². The molecule has 0 radical (unpaired) electrons. The molecule has 1 heterocycles. The van der Waals surface area contributed by atoms with Gasteiger partial charge in [-0.15, -0.1) is 0 Å². The van der Waals surface area contributed by atoms with Gasteiger partial charge in [-0.25, -0.2) is 0 Å². The molecule has 112 valence electrons. The Hall–Kier alpha value is -0.545. The summed E-state index contributed by atoms with van der Waals surface area (Å²) in [5.41, 5.74) is 0.175. The maximum Gasteiger partial charge on any atom is 0.481 e. The molecule has 20 heavy (non-hydrogen) atoms. The largest absolute Gasteiger partial charge is 0.481 e. The van der Waals surface area contributed by atoms with Crippen LogP contribution in [0.2, 0.25) is 0 Å². The molecule has 4 nitrogen and oxygen atoms in total. The molecular weight excluding hydrogens is 253 g/mol. The minimum absolute atomic E-state index is 0.0197. The Morgan fingerprint density at radius 2 is 2.10 bits per heavy atom. The summed E-state index contributed by atoms with van der Waals surface area (Å²) >= 11 is 0. The van der Waals surface area contributed by atoms with Gasteiger partial charge < -0.3 is 14.6 Å². The van der Waals surface area contributed by atoms with Gasteiger partial charge in [0.25, 0.3) is 0 Å². The summed E-state index contributed by atoms with van der Waals surface area (Å²) in [6, 6.07) is 0. The molecular formula is C15H26BNO3. The van der Waals surface area contributed by atoms with Crippen molar-refractivity contribution in [3.63, 3.8) is 0 Å². The van der Waals surface area contributed by atoms with E-state index in [4.69, 9.17) is 9.31 Å². The van der Waals surface area contributed by atoms with Gasteiger partial charge in [-0.1, -0.05) is 20.8 Å². The smallest absolute Gasteiger partial charge is 0.404 e. The summed E-state index contributed by atoms with van der Waals surface area (Å²) in [7, 11) is -0.297. The quantitative estimate of drug-likeness (QED) is 0.805. The molecule has 5 atom stereocenters. The van der Waals surface area contributed by atoms with Gasteiger partial charge in [0.05, 0.1) is 17.6 Å². The number of rotatable bonds is 3. The Morgan fingerprint density at radius 1 is 1.40 bits per heavy atom. The molecule has 4 fully saturated rings. The van der Waals surface area contributed by atoms with E-state index in [2.05, 4.69) is 33.0 Å². The summed E-state index contributed by atoms with van der Waals surface area (Å²) in [5.74, 6) is 1.26. The lowest BCUT2D eigenvalue weighted by molar-refractivity contribution is -0.199. The molecule has 5 heteroatoms. The number of carbonyl (C=O) groups excluding carboxylic acids is 1. The maximum absolute atomic E-state index is 11.3. The lowest BCUT2D eigenvalue weighted by Crippen LogP contribution is -2.65. The molecule has 0 aromatic rings. The first-order valence-corrected chi connectivity index (χ1v) is 7.89. The Balaban J connectivity index is 1.77. The van der Waals surface area contributed by atoms with E-state index in [0.717, 1.165) is 18.8 Å². The summed E-state index contributed by atoms with van der Waals surface area (Å²) in [6.07, 6.45) is 3.36. The van der Waals surface area contributed by atoms with Crippen LogP contribution in [0.1, 0.15) is 53.9 Å². The van der Waals surface area contributed by atoms with Crippen LogP contribution in [-0.2, 0) is 14.1 Å². The predicted octanol–water partition coefficient (Wildman–Crippen LogP) is 2.17. The molecule has 3 aliphatic carbocycles. The zero-order valence-corrected chi connectivity index (χ0v) is 13.2. The third-order valence-electron chi connectivity index (χ3n) is 6.13. The maximum atomic E-state index is 11.3. The first kappa shape index (κ1) is 14.4. The van der Waals surface area contributed by atoms with Crippen LogP contribution in [0, 0.1) is 17.3 Å². The molecule has 2 bridgehead atoms. The summed E-state index contributed by atoms with van der Waals surface area (Å²) in [5, 5.41) is 2.96. The summed E-state index contributed by atoms with van der Waals surface area (Å²) in [6.45, 7) is 10.5. The van der Waals surface area contributed by atoms with E-state index in [9.17, 15) is 4.79 Å². The molecule has 1 saturated heterocycles. The number of hydrogen-bond donors (Lipinski definition) is 1. The van der Waals surface area contributed by atoms with Crippen LogP contribution in [0.3, 0.4) is 0 Å². The molecule has 1 N–H and O–H groups in total. The Bertz CT molecular complexity index is 427. The monoisotopic (exact) mass is 279 g/mol. The van der Waals surface area contributed by atoms with Gasteiger partial charge in [-0.05, 0) is 43.4 Å². The first-order valence-electron chi connectivity index (χ1n) is 7.89. The van der Waals surface area contributed by atoms with Crippen molar-refractivity contribution in [1.82, 2.24) is 5.32 Å². The fraction of sp³-hybridized carbons (Fsp3) is 0.933. The molecule has 1 aliphatic heterocycles. The van der Waals surface area contributed by atoms with Crippen molar-refractivity contribution in [2.24, 2.45) is 17.3 Å². The first-order chi connectivity index (χ1) is 9.29. The van der Waals surface area contributed by atoms with Crippen molar-refractivity contribution in [2.45, 2.75) is 71.5 Å². The molecule has 0 aromatic carbocycles. The second-order valence-electron chi connectivity index (χ2n) is 7.55. The molecule has 3 saturated carbocycles. The van der Waals surface area contributed by atoms with Crippen molar-refractivity contribution in [3.8, 4) is 0 Å². The Morgan fingerprint density at radius 3 is 2.65 bits per heavy atom. The van der Waals surface area contributed by atoms with Crippen LogP contribution in [0.5, 0.6) is 0 Å². The highest BCUT2D eigenvalue weighted by Gasteiger charge is 2.68.